The Hall–Kier alpha value is -2.46. The summed E-state index contributed by atoms with van der Waals surface area (Å²) >= 11 is 3.54. The molecule has 0 bridgehead atoms. The third-order valence-corrected chi connectivity index (χ3v) is 6.34. The molecule has 5 rings (SSSR count). The van der Waals surface area contributed by atoms with Crippen molar-refractivity contribution in [1.82, 2.24) is 4.98 Å². The fraction of sp³-hybridized carbons (Fsp3) is 0.250. The average Bonchev–Trinajstić information content (AvgIpc) is 2.66. The van der Waals surface area contributed by atoms with Crippen LogP contribution in [-0.4, -0.2) is 10.8 Å². The van der Waals surface area contributed by atoms with Gasteiger partial charge in [0, 0.05) is 45.4 Å². The molecule has 0 saturated heterocycles. The van der Waals surface area contributed by atoms with Crippen LogP contribution >= 0.6 is 15.9 Å². The van der Waals surface area contributed by atoms with Crippen molar-refractivity contribution in [3.8, 4) is 0 Å². The molecular weight excluding hydrogens is 412 g/mol. The van der Waals surface area contributed by atoms with Crippen molar-refractivity contribution in [2.24, 2.45) is 5.41 Å². The predicted molar refractivity (Wildman–Crippen MR) is 116 cm³/mol. The van der Waals surface area contributed by atoms with E-state index in [0.717, 1.165) is 49.9 Å². The van der Waals surface area contributed by atoms with Crippen molar-refractivity contribution >= 4 is 38.3 Å². The van der Waals surface area contributed by atoms with Gasteiger partial charge in [-0.15, -0.1) is 0 Å². The number of halogens is 1. The number of benzene rings is 2. The Morgan fingerprint density at radius 2 is 1.86 bits per heavy atom. The highest BCUT2D eigenvalue weighted by molar-refractivity contribution is 9.10. The first-order chi connectivity index (χ1) is 13.4. The summed E-state index contributed by atoms with van der Waals surface area (Å²) < 4.78 is 1.04. The Morgan fingerprint density at radius 3 is 2.64 bits per heavy atom. The Kier molecular flexibility index (Phi) is 3.95. The van der Waals surface area contributed by atoms with Crippen LogP contribution in [0.25, 0.3) is 10.9 Å². The number of carbonyl (C=O) groups is 1. The molecule has 0 amide bonds. The summed E-state index contributed by atoms with van der Waals surface area (Å²) in [5.41, 5.74) is 6.30. The van der Waals surface area contributed by atoms with Crippen LogP contribution in [0.4, 0.5) is 5.69 Å². The molecule has 1 aromatic heterocycles. The van der Waals surface area contributed by atoms with Gasteiger partial charge >= 0.3 is 0 Å². The summed E-state index contributed by atoms with van der Waals surface area (Å²) in [6, 6.07) is 16.6. The molecule has 0 spiro atoms. The first kappa shape index (κ1) is 17.6. The third-order valence-electron chi connectivity index (χ3n) is 5.81. The average molecular weight is 433 g/mol. The second kappa shape index (κ2) is 6.28. The lowest BCUT2D eigenvalue weighted by Gasteiger charge is -2.40. The summed E-state index contributed by atoms with van der Waals surface area (Å²) in [7, 11) is 0. The van der Waals surface area contributed by atoms with Crippen molar-refractivity contribution in [2.45, 2.75) is 32.6 Å². The minimum Gasteiger partial charge on any atom is -0.358 e. The SMILES string of the molecule is CC1(C)CC(=O)C2=C(C1)Nc1ccc3ncccc3c1C2c1ccc(Br)cc1. The Balaban J connectivity index is 1.81. The molecule has 28 heavy (non-hydrogen) atoms. The van der Waals surface area contributed by atoms with E-state index in [9.17, 15) is 4.79 Å². The lowest BCUT2D eigenvalue weighted by atomic mass is 9.68. The van der Waals surface area contributed by atoms with Gasteiger partial charge in [0.2, 0.25) is 0 Å². The molecule has 2 aromatic carbocycles. The summed E-state index contributed by atoms with van der Waals surface area (Å²) in [6.45, 7) is 4.34. The van der Waals surface area contributed by atoms with Gasteiger partial charge in [0.05, 0.1) is 5.52 Å². The maximum atomic E-state index is 13.3. The number of nitrogens with one attached hydrogen (secondary N) is 1. The second-order valence-electron chi connectivity index (χ2n) is 8.54. The Bertz CT molecular complexity index is 1140. The van der Waals surface area contributed by atoms with Crippen LogP contribution in [0, 0.1) is 5.41 Å². The molecule has 3 nitrogen and oxygen atoms in total. The molecule has 0 fully saturated rings. The number of ketones is 1. The number of anilines is 1. The summed E-state index contributed by atoms with van der Waals surface area (Å²) in [4.78, 5) is 17.9. The number of hydrogen-bond acceptors (Lipinski definition) is 3. The van der Waals surface area contributed by atoms with Crippen LogP contribution in [0.15, 0.2) is 70.5 Å². The van der Waals surface area contributed by atoms with Crippen molar-refractivity contribution in [3.63, 3.8) is 0 Å². The van der Waals surface area contributed by atoms with E-state index in [-0.39, 0.29) is 17.1 Å². The summed E-state index contributed by atoms with van der Waals surface area (Å²) in [6.07, 6.45) is 3.28. The summed E-state index contributed by atoms with van der Waals surface area (Å²) in [5, 5.41) is 4.71. The molecule has 1 N–H and O–H groups in total. The number of rotatable bonds is 1. The maximum absolute atomic E-state index is 13.3. The van der Waals surface area contributed by atoms with Crippen molar-refractivity contribution in [1.29, 1.82) is 0 Å². The minimum atomic E-state index is -0.0733. The highest BCUT2D eigenvalue weighted by Crippen LogP contribution is 2.50. The number of hydrogen-bond donors (Lipinski definition) is 1. The van der Waals surface area contributed by atoms with Crippen molar-refractivity contribution in [2.75, 3.05) is 5.32 Å². The molecular formula is C24H21BrN2O. The lowest BCUT2D eigenvalue weighted by Crippen LogP contribution is -2.33. The van der Waals surface area contributed by atoms with Crippen LogP contribution in [0.1, 0.15) is 43.7 Å². The minimum absolute atomic E-state index is 0.0247. The van der Waals surface area contributed by atoms with Crippen LogP contribution in [0.3, 0.4) is 0 Å². The normalized spacial score (nSPS) is 20.5. The zero-order chi connectivity index (χ0) is 19.5. The number of pyridine rings is 1. The first-order valence-corrected chi connectivity index (χ1v) is 10.4. The molecule has 4 heteroatoms. The van der Waals surface area contributed by atoms with Crippen LogP contribution in [-0.2, 0) is 4.79 Å². The quantitative estimate of drug-likeness (QED) is 0.497. The van der Waals surface area contributed by atoms with Gasteiger partial charge < -0.3 is 5.32 Å². The van der Waals surface area contributed by atoms with E-state index in [2.05, 4.69) is 82.5 Å². The molecule has 1 aliphatic heterocycles. The van der Waals surface area contributed by atoms with Gasteiger partial charge in [-0.25, -0.2) is 0 Å². The first-order valence-electron chi connectivity index (χ1n) is 9.59. The van der Waals surface area contributed by atoms with E-state index >= 15 is 0 Å². The van der Waals surface area contributed by atoms with E-state index in [1.807, 2.05) is 12.3 Å². The molecule has 140 valence electrons. The van der Waals surface area contributed by atoms with Gasteiger partial charge in [0.25, 0.3) is 0 Å². The topological polar surface area (TPSA) is 42.0 Å². The second-order valence-corrected chi connectivity index (χ2v) is 9.46. The van der Waals surface area contributed by atoms with E-state index in [1.165, 1.54) is 0 Å². The molecule has 1 unspecified atom stereocenters. The van der Waals surface area contributed by atoms with Crippen molar-refractivity contribution < 1.29 is 4.79 Å². The third kappa shape index (κ3) is 2.78. The number of allylic oxidation sites excluding steroid dienone is 2. The number of nitrogens with zero attached hydrogens (tertiary/aromatic N) is 1. The van der Waals surface area contributed by atoms with Crippen LogP contribution in [0.5, 0.6) is 0 Å². The molecule has 3 aromatic rings. The largest absolute Gasteiger partial charge is 0.358 e. The monoisotopic (exact) mass is 432 g/mol. The maximum Gasteiger partial charge on any atom is 0.162 e. The summed E-state index contributed by atoms with van der Waals surface area (Å²) in [5.74, 6) is 0.175. The fourth-order valence-corrected chi connectivity index (χ4v) is 4.94. The molecule has 0 radical (unpaired) electrons. The van der Waals surface area contributed by atoms with E-state index in [4.69, 9.17) is 0 Å². The smallest absolute Gasteiger partial charge is 0.162 e. The van der Waals surface area contributed by atoms with Crippen LogP contribution in [0.2, 0.25) is 0 Å². The van der Waals surface area contributed by atoms with Gasteiger partial charge in [0.1, 0.15) is 0 Å². The van der Waals surface area contributed by atoms with Crippen molar-refractivity contribution in [3.05, 3.63) is 81.6 Å². The number of carbonyl (C=O) groups excluding carboxylic acids is 1. The molecule has 2 heterocycles. The Labute approximate surface area is 173 Å². The zero-order valence-corrected chi connectivity index (χ0v) is 17.5. The van der Waals surface area contributed by atoms with E-state index in [0.29, 0.717) is 6.42 Å². The van der Waals surface area contributed by atoms with Gasteiger partial charge in [-0.05, 0) is 53.3 Å². The van der Waals surface area contributed by atoms with E-state index in [1.54, 1.807) is 0 Å². The van der Waals surface area contributed by atoms with Gasteiger partial charge in [-0.3, -0.25) is 9.78 Å². The highest BCUT2D eigenvalue weighted by Gasteiger charge is 2.41. The molecule has 1 atom stereocenters. The zero-order valence-electron chi connectivity index (χ0n) is 15.9. The van der Waals surface area contributed by atoms with Gasteiger partial charge in [-0.1, -0.05) is 48.0 Å². The number of aromatic nitrogens is 1. The number of Topliss-reactive ketones (excluding diaryl/α,β-unsaturated/α-hetero) is 1. The van der Waals surface area contributed by atoms with Gasteiger partial charge in [-0.2, -0.15) is 0 Å². The number of fused-ring (bicyclic) bond motifs is 3. The van der Waals surface area contributed by atoms with E-state index < -0.39 is 0 Å². The van der Waals surface area contributed by atoms with Gasteiger partial charge in [0.15, 0.2) is 5.78 Å². The molecule has 2 aliphatic rings. The predicted octanol–water partition coefficient (Wildman–Crippen LogP) is 6.20. The lowest BCUT2D eigenvalue weighted by molar-refractivity contribution is -0.118. The van der Waals surface area contributed by atoms with Crippen LogP contribution < -0.4 is 5.32 Å². The molecule has 0 saturated carbocycles. The molecule has 1 aliphatic carbocycles. The standard InChI is InChI=1S/C24H21BrN2O/c1-24(2)12-19-23(20(28)13-24)21(14-5-7-15(25)8-6-14)22-16-4-3-11-26-17(16)9-10-18(22)27-19/h3-11,21,27H,12-13H2,1-2H3. The highest BCUT2D eigenvalue weighted by atomic mass is 79.9. The Morgan fingerprint density at radius 1 is 1.07 bits per heavy atom. The fourth-order valence-electron chi connectivity index (χ4n) is 4.67.